The van der Waals surface area contributed by atoms with Gasteiger partial charge in [-0.2, -0.15) is 0 Å². The minimum atomic E-state index is -5.25. The largest absolute Gasteiger partial charge is 0.744 e. The zero-order chi connectivity index (χ0) is 59.7. The zero-order valence-corrected chi connectivity index (χ0v) is 50.8. The van der Waals surface area contributed by atoms with Gasteiger partial charge >= 0.3 is 0 Å². The van der Waals surface area contributed by atoms with Gasteiger partial charge in [-0.3, -0.25) is 19.0 Å². The molecule has 1 N–H and O–H groups in total. The molecular formula is C63H77ClN4O13S2. The molecule has 20 heteroatoms. The fourth-order valence-corrected chi connectivity index (χ4v) is 13.0. The van der Waals surface area contributed by atoms with Crippen LogP contribution in [-0.2, 0) is 54.9 Å². The Kier molecular flexibility index (Phi) is 23.6. The summed E-state index contributed by atoms with van der Waals surface area (Å²) in [5.41, 5.74) is 6.94. The molecule has 7 rings (SSSR count). The van der Waals surface area contributed by atoms with Gasteiger partial charge in [0.2, 0.25) is 11.3 Å². The van der Waals surface area contributed by atoms with Crippen LogP contribution in [0.25, 0.3) is 44.3 Å². The molecule has 17 nitrogen and oxygen atoms in total. The van der Waals surface area contributed by atoms with Crippen LogP contribution >= 0.6 is 11.6 Å². The fourth-order valence-electron chi connectivity index (χ4n) is 10.3. The summed E-state index contributed by atoms with van der Waals surface area (Å²) in [4.78, 5) is 39.9. The molecule has 0 radical (unpaired) electrons. The zero-order valence-electron chi connectivity index (χ0n) is 48.4. The van der Waals surface area contributed by atoms with Crippen LogP contribution in [0, 0.1) is 13.8 Å². The molecule has 0 spiro atoms. The summed E-state index contributed by atoms with van der Waals surface area (Å²) >= 11 is 6.05. The van der Waals surface area contributed by atoms with E-state index in [0.717, 1.165) is 78.2 Å². The lowest BCUT2D eigenvalue weighted by molar-refractivity contribution is -0.121. The lowest BCUT2D eigenvalue weighted by Gasteiger charge is -2.22. The Balaban J connectivity index is 0.758. The summed E-state index contributed by atoms with van der Waals surface area (Å²) in [6.45, 7) is 17.7. The Morgan fingerprint density at radius 3 is 2.02 bits per heavy atom. The van der Waals surface area contributed by atoms with E-state index in [0.29, 0.717) is 102 Å². The summed E-state index contributed by atoms with van der Waals surface area (Å²) in [5, 5.41) is 6.03. The average Bonchev–Trinajstić information content (AvgIpc) is 2.50. The van der Waals surface area contributed by atoms with Gasteiger partial charge in [-0.15, -0.1) is 0 Å². The van der Waals surface area contributed by atoms with Crippen LogP contribution in [0.5, 0.6) is 0 Å². The number of halogens is 1. The number of amides is 1. The predicted octanol–water partition coefficient (Wildman–Crippen LogP) is 9.79. The van der Waals surface area contributed by atoms with Crippen LogP contribution < -0.4 is 20.1 Å². The maximum absolute atomic E-state index is 13.7. The quantitative estimate of drug-likeness (QED) is 0.0175. The molecule has 0 fully saturated rings. The first-order chi connectivity index (χ1) is 39.9. The van der Waals surface area contributed by atoms with Gasteiger partial charge < -0.3 is 38.1 Å². The lowest BCUT2D eigenvalue weighted by Crippen LogP contribution is -2.29. The Hall–Kier alpha value is -6.29. The molecule has 0 saturated heterocycles. The van der Waals surface area contributed by atoms with E-state index >= 15 is 0 Å². The second-order valence-corrected chi connectivity index (χ2v) is 24.1. The highest BCUT2D eigenvalue weighted by atomic mass is 35.5. The SMILES string of the molecule is CCN(CC)c1ccc2c(-c3ccc(S(=O)(=O)CCCOCCOCCOCCOCCC(=O)CCCCCNC(=O)Cc4c(C)n(C(=O)c5ccc(Cl)cc5)c5ccc(C)cc45)c(S(=O)(=O)[O-])c3)c3ccc(=[N+](CC)CC)cc-3oc2c1. The van der Waals surface area contributed by atoms with E-state index in [1.165, 1.54) is 6.07 Å². The number of Topliss-reactive ketones (excluding diaryl/α,β-unsaturated/α-hetero) is 1. The summed E-state index contributed by atoms with van der Waals surface area (Å²) < 4.78 is 98.5. The molecule has 5 aromatic rings. The van der Waals surface area contributed by atoms with Crippen molar-refractivity contribution in [2.45, 2.75) is 96.3 Å². The molecule has 1 aliphatic carbocycles. The molecule has 446 valence electrons. The van der Waals surface area contributed by atoms with E-state index in [-0.39, 0.29) is 56.9 Å². The van der Waals surface area contributed by atoms with E-state index in [4.69, 9.17) is 35.0 Å². The monoisotopic (exact) mass is 1200 g/mol. The summed E-state index contributed by atoms with van der Waals surface area (Å²) in [6.07, 6.45) is 3.13. The molecule has 1 aliphatic heterocycles. The van der Waals surface area contributed by atoms with Crippen molar-refractivity contribution in [1.82, 2.24) is 14.5 Å². The Morgan fingerprint density at radius 1 is 0.687 bits per heavy atom. The highest BCUT2D eigenvalue weighted by Crippen LogP contribution is 2.42. The van der Waals surface area contributed by atoms with Gasteiger partial charge in [0, 0.05) is 95.1 Å². The highest BCUT2D eigenvalue weighted by Gasteiger charge is 2.26. The highest BCUT2D eigenvalue weighted by molar-refractivity contribution is 7.92. The number of unbranched alkanes of at least 4 members (excludes halogenated alkanes) is 2. The van der Waals surface area contributed by atoms with Crippen molar-refractivity contribution in [3.8, 4) is 22.5 Å². The number of benzene rings is 5. The minimum Gasteiger partial charge on any atom is -0.744 e. The van der Waals surface area contributed by atoms with Crippen LogP contribution in [0.3, 0.4) is 0 Å². The number of hydrogen-bond acceptors (Lipinski definition) is 14. The smallest absolute Gasteiger partial charge is 0.262 e. The van der Waals surface area contributed by atoms with Gasteiger partial charge in [-0.1, -0.05) is 35.7 Å². The number of rotatable bonds is 33. The number of carbonyl (C=O) groups is 3. The molecule has 0 unspecified atom stereocenters. The minimum absolute atomic E-state index is 0.0487. The van der Waals surface area contributed by atoms with Gasteiger partial charge in [0.25, 0.3) is 5.91 Å². The standard InChI is InChI=1S/C63H77ClN4O13S2/c1-7-66(8-2)49-22-24-52-57(41-49)81-58-42-50(67(9-3)10-4)23-25-53(58)62(52)47-19-27-59(60(40-47)83(74,75)76)82(72,73)38-14-30-77-32-34-79-36-37-80-35-33-78-31-28-51(69)15-12-11-13-29-65-61(70)43-54-45(6)68(56-26-16-44(5)39-55(54)56)63(71)46-17-20-48(64)21-18-46/h16-27,39-42H,7-15,28-38,43H2,1-6H3,(H-,65,70,74,75,76). The van der Waals surface area contributed by atoms with Crippen molar-refractivity contribution in [3.05, 3.63) is 130 Å². The van der Waals surface area contributed by atoms with E-state index in [9.17, 15) is 35.8 Å². The summed E-state index contributed by atoms with van der Waals surface area (Å²) in [6, 6.07) is 28.1. The van der Waals surface area contributed by atoms with E-state index in [1.54, 1.807) is 34.9 Å². The number of carbonyl (C=O) groups excluding carboxylic acids is 3. The molecule has 4 aromatic carbocycles. The third-order valence-electron chi connectivity index (χ3n) is 14.7. The Morgan fingerprint density at radius 2 is 1.36 bits per heavy atom. The van der Waals surface area contributed by atoms with Crippen molar-refractivity contribution >= 4 is 76.7 Å². The van der Waals surface area contributed by atoms with Crippen molar-refractivity contribution in [2.75, 3.05) is 96.2 Å². The molecule has 2 heterocycles. The lowest BCUT2D eigenvalue weighted by atomic mass is 9.93. The third kappa shape index (κ3) is 17.0. The Bertz CT molecular complexity index is 3640. The van der Waals surface area contributed by atoms with Crippen molar-refractivity contribution in [3.63, 3.8) is 0 Å². The van der Waals surface area contributed by atoms with E-state index in [2.05, 4.69) is 42.5 Å². The first-order valence-corrected chi connectivity index (χ1v) is 32.0. The number of aromatic nitrogens is 1. The maximum atomic E-state index is 13.7. The van der Waals surface area contributed by atoms with E-state index < -0.39 is 35.5 Å². The second kappa shape index (κ2) is 30.5. The average molecular weight is 1200 g/mol. The van der Waals surface area contributed by atoms with Gasteiger partial charge in [0.15, 0.2) is 9.84 Å². The van der Waals surface area contributed by atoms with Crippen molar-refractivity contribution in [2.24, 2.45) is 0 Å². The topological polar surface area (TPSA) is 216 Å². The number of nitrogens with zero attached hydrogens (tertiary/aromatic N) is 3. The van der Waals surface area contributed by atoms with Crippen LogP contribution in [0.15, 0.2) is 111 Å². The molecule has 83 heavy (non-hydrogen) atoms. The summed E-state index contributed by atoms with van der Waals surface area (Å²) in [7, 11) is -9.48. The number of hydrogen-bond donors (Lipinski definition) is 1. The normalized spacial score (nSPS) is 12.0. The first kappa shape index (κ1) is 64.3. The van der Waals surface area contributed by atoms with Crippen molar-refractivity contribution < 1.29 is 59.1 Å². The van der Waals surface area contributed by atoms with Crippen LogP contribution in [0.2, 0.25) is 5.02 Å². The number of anilines is 1. The number of ether oxygens (including phenoxy) is 4. The molecule has 2 aliphatic rings. The van der Waals surface area contributed by atoms with Crippen LogP contribution in [0.1, 0.15) is 93.4 Å². The first-order valence-electron chi connectivity index (χ1n) is 28.6. The van der Waals surface area contributed by atoms with E-state index in [1.807, 2.05) is 68.4 Å². The Labute approximate surface area is 492 Å². The molecule has 1 amide bonds. The third-order valence-corrected chi connectivity index (χ3v) is 17.8. The number of sulfone groups is 1. The number of aryl methyl sites for hydroxylation is 1. The van der Waals surface area contributed by atoms with Gasteiger partial charge in [0.05, 0.1) is 79.8 Å². The molecule has 0 atom stereocenters. The maximum Gasteiger partial charge on any atom is 0.262 e. The molecule has 0 saturated carbocycles. The molecule has 1 aromatic heterocycles. The van der Waals surface area contributed by atoms with Crippen LogP contribution in [-0.4, -0.2) is 135 Å². The van der Waals surface area contributed by atoms with Crippen molar-refractivity contribution in [1.29, 1.82) is 0 Å². The van der Waals surface area contributed by atoms with Gasteiger partial charge in [-0.05, 0) is 139 Å². The molecular weight excluding hydrogens is 1120 g/mol. The number of ketones is 1. The van der Waals surface area contributed by atoms with Crippen LogP contribution in [0.4, 0.5) is 5.69 Å². The summed E-state index contributed by atoms with van der Waals surface area (Å²) in [5.74, 6) is -0.112. The van der Waals surface area contributed by atoms with Gasteiger partial charge in [-0.25, -0.2) is 21.4 Å². The number of fused-ring (bicyclic) bond motifs is 3. The number of nitrogens with one attached hydrogen (secondary N) is 1. The second-order valence-electron chi connectivity index (χ2n) is 20.3. The predicted molar refractivity (Wildman–Crippen MR) is 323 cm³/mol. The molecule has 0 bridgehead atoms. The van der Waals surface area contributed by atoms with Gasteiger partial charge in [0.1, 0.15) is 40.3 Å². The fraction of sp³-hybridized carbons (Fsp3) is 0.429.